The van der Waals surface area contributed by atoms with Crippen LogP contribution in [0, 0.1) is 0 Å². The van der Waals surface area contributed by atoms with E-state index in [2.05, 4.69) is 26.3 Å². The van der Waals surface area contributed by atoms with Crippen molar-refractivity contribution in [3.8, 4) is 0 Å². The zero-order valence-electron chi connectivity index (χ0n) is 10.1. The molecule has 0 spiro atoms. The summed E-state index contributed by atoms with van der Waals surface area (Å²) in [6.07, 6.45) is 6.49. The van der Waals surface area contributed by atoms with Crippen molar-refractivity contribution in [2.24, 2.45) is 0 Å². The van der Waals surface area contributed by atoms with Crippen LogP contribution in [0.3, 0.4) is 0 Å². The van der Waals surface area contributed by atoms with Crippen LogP contribution in [0.25, 0.3) is 0 Å². The molecule has 0 aliphatic rings. The number of hydrogen-bond donors (Lipinski definition) is 0. The molecule has 0 unspecified atom stereocenters. The van der Waals surface area contributed by atoms with Crippen LogP contribution in [0.1, 0.15) is 0 Å². The molecule has 0 fully saturated rings. The molecule has 5 heteroatoms. The van der Waals surface area contributed by atoms with Gasteiger partial charge >= 0.3 is 110 Å². The van der Waals surface area contributed by atoms with Crippen LogP contribution >= 0.6 is 0 Å². The Hall–Kier alpha value is -0.317. The molecule has 0 aliphatic heterocycles. The van der Waals surface area contributed by atoms with Gasteiger partial charge in [0, 0.05) is 0 Å². The molecule has 96 valence electrons. The molecule has 0 aromatic heterocycles. The zero-order valence-corrected chi connectivity index (χ0v) is 12.6. The van der Waals surface area contributed by atoms with Gasteiger partial charge in [-0.3, -0.25) is 0 Å². The topological polar surface area (TPSA) is 36.9 Å². The molecule has 4 nitrogen and oxygen atoms in total. The van der Waals surface area contributed by atoms with Crippen molar-refractivity contribution in [1.82, 2.24) is 0 Å². The van der Waals surface area contributed by atoms with Crippen molar-refractivity contribution in [3.05, 3.63) is 50.6 Å². The standard InChI is InChI=1S/4C3H5O.Zr/c4*1-2-3-4;/h4*2H,1,3H2;/q4*-1;+4. The van der Waals surface area contributed by atoms with Crippen LogP contribution in [0.4, 0.5) is 0 Å². The first-order valence-electron chi connectivity index (χ1n) is 5.24. The van der Waals surface area contributed by atoms with Gasteiger partial charge in [0.05, 0.1) is 0 Å². The SMILES string of the molecule is C=CC[O][Zr]([O]CC=C)([O]CC=C)[O]CC=C. The first-order valence-corrected chi connectivity index (χ1v) is 9.25. The fourth-order valence-corrected chi connectivity index (χ4v) is 5.29. The molecular weight excluding hydrogens is 299 g/mol. The Labute approximate surface area is 110 Å². The van der Waals surface area contributed by atoms with Crippen LogP contribution in [0.15, 0.2) is 50.6 Å². The summed E-state index contributed by atoms with van der Waals surface area (Å²) in [4.78, 5) is 0. The van der Waals surface area contributed by atoms with E-state index in [1.54, 1.807) is 24.3 Å². The Balaban J connectivity index is 4.59. The molecule has 0 amide bonds. The molecule has 0 radical (unpaired) electrons. The van der Waals surface area contributed by atoms with Gasteiger partial charge in [-0.1, -0.05) is 0 Å². The van der Waals surface area contributed by atoms with E-state index in [9.17, 15) is 0 Å². The van der Waals surface area contributed by atoms with Crippen molar-refractivity contribution in [2.45, 2.75) is 0 Å². The van der Waals surface area contributed by atoms with E-state index in [1.165, 1.54) is 0 Å². The minimum atomic E-state index is -3.98. The molecule has 0 atom stereocenters. The fraction of sp³-hybridized carbons (Fsp3) is 0.333. The number of rotatable bonds is 12. The summed E-state index contributed by atoms with van der Waals surface area (Å²) in [5, 5.41) is 0. The summed E-state index contributed by atoms with van der Waals surface area (Å²) in [5.41, 5.74) is 0. The van der Waals surface area contributed by atoms with Crippen molar-refractivity contribution >= 4 is 0 Å². The van der Waals surface area contributed by atoms with Crippen molar-refractivity contribution in [3.63, 3.8) is 0 Å². The van der Waals surface area contributed by atoms with Gasteiger partial charge in [0.1, 0.15) is 0 Å². The summed E-state index contributed by atoms with van der Waals surface area (Å²) < 4.78 is 22.3. The van der Waals surface area contributed by atoms with Crippen LogP contribution in [-0.4, -0.2) is 26.4 Å². The molecule has 0 rings (SSSR count). The molecule has 0 saturated carbocycles. The quantitative estimate of drug-likeness (QED) is 0.518. The van der Waals surface area contributed by atoms with Gasteiger partial charge in [0.15, 0.2) is 0 Å². The van der Waals surface area contributed by atoms with Gasteiger partial charge in [-0.05, 0) is 0 Å². The monoisotopic (exact) mass is 318 g/mol. The van der Waals surface area contributed by atoms with Crippen molar-refractivity contribution < 1.29 is 33.3 Å². The molecular formula is C12H20O4Zr. The Morgan fingerprint density at radius 1 is 0.588 bits per heavy atom. The van der Waals surface area contributed by atoms with Crippen molar-refractivity contribution in [2.75, 3.05) is 26.4 Å². The van der Waals surface area contributed by atoms with Crippen LogP contribution in [-0.2, 0) is 33.3 Å². The predicted octanol–water partition coefficient (Wildman–Crippen LogP) is 2.61. The second kappa shape index (κ2) is 10.8. The van der Waals surface area contributed by atoms with Crippen LogP contribution < -0.4 is 0 Å². The summed E-state index contributed by atoms with van der Waals surface area (Å²) in [6, 6.07) is 0. The summed E-state index contributed by atoms with van der Waals surface area (Å²) in [5.74, 6) is 0. The first-order chi connectivity index (χ1) is 8.24. The zero-order chi connectivity index (χ0) is 13.0. The Morgan fingerprint density at radius 3 is 1.00 bits per heavy atom. The van der Waals surface area contributed by atoms with Gasteiger partial charge < -0.3 is 0 Å². The van der Waals surface area contributed by atoms with E-state index >= 15 is 0 Å². The second-order valence-corrected chi connectivity index (χ2v) is 8.20. The van der Waals surface area contributed by atoms with Crippen molar-refractivity contribution in [1.29, 1.82) is 0 Å². The van der Waals surface area contributed by atoms with Gasteiger partial charge in [0.2, 0.25) is 0 Å². The average molecular weight is 320 g/mol. The van der Waals surface area contributed by atoms with E-state index in [1.807, 2.05) is 0 Å². The third kappa shape index (κ3) is 7.58. The molecule has 0 saturated heterocycles. The van der Waals surface area contributed by atoms with Crippen LogP contribution in [0.5, 0.6) is 0 Å². The molecule has 0 aromatic rings. The summed E-state index contributed by atoms with van der Waals surface area (Å²) in [6.45, 7) is 15.6. The predicted molar refractivity (Wildman–Crippen MR) is 64.6 cm³/mol. The third-order valence-electron chi connectivity index (χ3n) is 1.51. The van der Waals surface area contributed by atoms with E-state index in [0.29, 0.717) is 26.4 Å². The van der Waals surface area contributed by atoms with Gasteiger partial charge in [-0.15, -0.1) is 0 Å². The Bertz CT molecular complexity index is 199. The minimum absolute atomic E-state index is 0.321. The second-order valence-electron chi connectivity index (χ2n) is 2.90. The van der Waals surface area contributed by atoms with Gasteiger partial charge in [-0.2, -0.15) is 0 Å². The Morgan fingerprint density at radius 2 is 0.824 bits per heavy atom. The molecule has 0 bridgehead atoms. The van der Waals surface area contributed by atoms with E-state index in [0.717, 1.165) is 0 Å². The van der Waals surface area contributed by atoms with Gasteiger partial charge in [-0.25, -0.2) is 0 Å². The molecule has 0 heterocycles. The Kier molecular flexibility index (Phi) is 10.6. The maximum atomic E-state index is 5.57. The summed E-state index contributed by atoms with van der Waals surface area (Å²) >= 11 is -3.98. The van der Waals surface area contributed by atoms with Crippen LogP contribution in [0.2, 0.25) is 0 Å². The van der Waals surface area contributed by atoms with Gasteiger partial charge in [0.25, 0.3) is 0 Å². The van der Waals surface area contributed by atoms with E-state index in [4.69, 9.17) is 11.3 Å². The normalized spacial score (nSPS) is 10.8. The third-order valence-corrected chi connectivity index (χ3v) is 6.63. The van der Waals surface area contributed by atoms with E-state index < -0.39 is 22.0 Å². The first kappa shape index (κ1) is 16.7. The molecule has 0 N–H and O–H groups in total. The molecule has 17 heavy (non-hydrogen) atoms. The fourth-order valence-electron chi connectivity index (χ4n) is 0.894. The molecule has 0 aliphatic carbocycles. The maximum absolute atomic E-state index is 5.57. The molecule has 0 aromatic carbocycles. The summed E-state index contributed by atoms with van der Waals surface area (Å²) in [7, 11) is 0. The number of hydrogen-bond acceptors (Lipinski definition) is 4. The van der Waals surface area contributed by atoms with E-state index in [-0.39, 0.29) is 0 Å². The average Bonchev–Trinajstić information content (AvgIpc) is 2.37.